The quantitative estimate of drug-likeness (QED) is 0.851. The monoisotopic (exact) mass is 396 g/mol. The lowest BCUT2D eigenvalue weighted by Gasteiger charge is -2.31. The molecular formula is C19H19F3N2O2S. The average Bonchev–Trinajstić information content (AvgIpc) is 3.20. The molecule has 0 spiro atoms. The van der Waals surface area contributed by atoms with E-state index in [0.29, 0.717) is 36.4 Å². The Morgan fingerprint density at radius 1 is 1.11 bits per heavy atom. The molecule has 1 saturated heterocycles. The number of carbonyl (C=O) groups is 2. The van der Waals surface area contributed by atoms with Crippen molar-refractivity contribution in [3.8, 4) is 0 Å². The van der Waals surface area contributed by atoms with Gasteiger partial charge >= 0.3 is 6.18 Å². The molecule has 1 aliphatic heterocycles. The number of hydrogen-bond donors (Lipinski definition) is 1. The Balaban J connectivity index is 1.46. The van der Waals surface area contributed by atoms with Gasteiger partial charge in [-0.3, -0.25) is 9.59 Å². The molecule has 0 radical (unpaired) electrons. The summed E-state index contributed by atoms with van der Waals surface area (Å²) in [5, 5.41) is 4.63. The van der Waals surface area contributed by atoms with Crippen LogP contribution in [-0.2, 0) is 17.5 Å². The minimum atomic E-state index is -4.36. The molecule has 1 N–H and O–H groups in total. The molecule has 2 heterocycles. The van der Waals surface area contributed by atoms with Gasteiger partial charge < -0.3 is 10.2 Å². The van der Waals surface area contributed by atoms with Crippen molar-refractivity contribution < 1.29 is 22.8 Å². The van der Waals surface area contributed by atoms with Gasteiger partial charge in [-0.25, -0.2) is 0 Å². The third-order valence-corrected chi connectivity index (χ3v) is 5.49. The lowest BCUT2D eigenvalue weighted by atomic mass is 9.95. The first-order chi connectivity index (χ1) is 12.8. The maximum Gasteiger partial charge on any atom is 0.416 e. The fraction of sp³-hybridized carbons (Fsp3) is 0.368. The number of piperidine rings is 1. The van der Waals surface area contributed by atoms with Crippen molar-refractivity contribution in [2.75, 3.05) is 13.1 Å². The van der Waals surface area contributed by atoms with E-state index >= 15 is 0 Å². The number of halogens is 3. The van der Waals surface area contributed by atoms with E-state index < -0.39 is 11.7 Å². The summed E-state index contributed by atoms with van der Waals surface area (Å²) in [5.41, 5.74) is -0.0954. The van der Waals surface area contributed by atoms with Crippen LogP contribution < -0.4 is 5.32 Å². The highest BCUT2D eigenvalue weighted by molar-refractivity contribution is 7.12. The average molecular weight is 396 g/mol. The highest BCUT2D eigenvalue weighted by Crippen LogP contribution is 2.29. The lowest BCUT2D eigenvalue weighted by Crippen LogP contribution is -2.42. The Hall–Kier alpha value is -2.35. The highest BCUT2D eigenvalue weighted by Gasteiger charge is 2.30. The smallest absolute Gasteiger partial charge is 0.352 e. The number of rotatable bonds is 4. The standard InChI is InChI=1S/C19H19F3N2O2S/c20-19(21,22)15-5-3-13(4-6-15)12-23-17(25)14-7-9-24(10-8-14)18(26)16-2-1-11-27-16/h1-6,11,14H,7-10,12H2,(H,23,25). The summed E-state index contributed by atoms with van der Waals surface area (Å²) in [6.45, 7) is 1.23. The Bertz CT molecular complexity index is 780. The van der Waals surface area contributed by atoms with Crippen molar-refractivity contribution >= 4 is 23.2 Å². The zero-order chi connectivity index (χ0) is 19.4. The van der Waals surface area contributed by atoms with Crippen LogP contribution in [-0.4, -0.2) is 29.8 Å². The fourth-order valence-electron chi connectivity index (χ4n) is 3.05. The van der Waals surface area contributed by atoms with Gasteiger partial charge in [-0.1, -0.05) is 18.2 Å². The molecule has 1 aromatic carbocycles. The molecule has 0 unspecified atom stereocenters. The van der Waals surface area contributed by atoms with Gasteiger partial charge in [0.25, 0.3) is 5.91 Å². The Morgan fingerprint density at radius 3 is 2.33 bits per heavy atom. The van der Waals surface area contributed by atoms with Gasteiger partial charge in [-0.15, -0.1) is 11.3 Å². The number of likely N-dealkylation sites (tertiary alicyclic amines) is 1. The van der Waals surface area contributed by atoms with E-state index in [2.05, 4.69) is 5.32 Å². The molecule has 1 aliphatic rings. The summed E-state index contributed by atoms with van der Waals surface area (Å²) in [6, 6.07) is 8.37. The molecule has 0 aliphatic carbocycles. The van der Waals surface area contributed by atoms with Gasteiger partial charge in [0.2, 0.25) is 5.91 Å². The molecule has 3 rings (SSSR count). The number of amides is 2. The molecule has 27 heavy (non-hydrogen) atoms. The van der Waals surface area contributed by atoms with E-state index in [9.17, 15) is 22.8 Å². The van der Waals surface area contributed by atoms with Crippen LogP contribution in [0, 0.1) is 5.92 Å². The molecule has 4 nitrogen and oxygen atoms in total. The number of nitrogens with zero attached hydrogens (tertiary/aromatic N) is 1. The molecule has 8 heteroatoms. The lowest BCUT2D eigenvalue weighted by molar-refractivity contribution is -0.137. The van der Waals surface area contributed by atoms with Crippen molar-refractivity contribution in [1.82, 2.24) is 10.2 Å². The Morgan fingerprint density at radius 2 is 1.78 bits per heavy atom. The maximum absolute atomic E-state index is 12.6. The zero-order valence-corrected chi connectivity index (χ0v) is 15.3. The zero-order valence-electron chi connectivity index (χ0n) is 14.5. The van der Waals surface area contributed by atoms with Crippen LogP contribution in [0.5, 0.6) is 0 Å². The summed E-state index contributed by atoms with van der Waals surface area (Å²) >= 11 is 1.40. The predicted octanol–water partition coefficient (Wildman–Crippen LogP) is 3.94. The number of hydrogen-bond acceptors (Lipinski definition) is 3. The molecular weight excluding hydrogens is 377 g/mol. The normalized spacial score (nSPS) is 15.6. The summed E-state index contributed by atoms with van der Waals surface area (Å²) in [6.07, 6.45) is -3.21. The largest absolute Gasteiger partial charge is 0.416 e. The first-order valence-electron chi connectivity index (χ1n) is 8.61. The van der Waals surface area contributed by atoms with Crippen LogP contribution in [0.4, 0.5) is 13.2 Å². The molecule has 144 valence electrons. The first kappa shape index (κ1) is 19.4. The van der Waals surface area contributed by atoms with Crippen LogP contribution in [0.2, 0.25) is 0 Å². The van der Waals surface area contributed by atoms with Gasteiger partial charge in [0.15, 0.2) is 0 Å². The third-order valence-electron chi connectivity index (χ3n) is 4.63. The van der Waals surface area contributed by atoms with Crippen LogP contribution in [0.15, 0.2) is 41.8 Å². The van der Waals surface area contributed by atoms with Crippen molar-refractivity contribution in [2.24, 2.45) is 5.92 Å². The van der Waals surface area contributed by atoms with E-state index in [0.717, 1.165) is 12.1 Å². The van der Waals surface area contributed by atoms with E-state index in [1.165, 1.54) is 23.5 Å². The molecule has 0 saturated carbocycles. The molecule has 0 bridgehead atoms. The summed E-state index contributed by atoms with van der Waals surface area (Å²) in [4.78, 5) is 27.1. The number of nitrogens with one attached hydrogen (secondary N) is 1. The van der Waals surface area contributed by atoms with E-state index in [1.807, 2.05) is 11.4 Å². The van der Waals surface area contributed by atoms with Crippen molar-refractivity contribution in [1.29, 1.82) is 0 Å². The van der Waals surface area contributed by atoms with Gasteiger partial charge in [-0.2, -0.15) is 13.2 Å². The maximum atomic E-state index is 12.6. The van der Waals surface area contributed by atoms with Crippen LogP contribution in [0.3, 0.4) is 0 Å². The predicted molar refractivity (Wildman–Crippen MR) is 96.2 cm³/mol. The van der Waals surface area contributed by atoms with Crippen LogP contribution >= 0.6 is 11.3 Å². The molecule has 1 fully saturated rings. The topological polar surface area (TPSA) is 49.4 Å². The van der Waals surface area contributed by atoms with Crippen LogP contribution in [0.1, 0.15) is 33.6 Å². The van der Waals surface area contributed by atoms with E-state index in [1.54, 1.807) is 11.0 Å². The van der Waals surface area contributed by atoms with Gasteiger partial charge in [0.1, 0.15) is 0 Å². The van der Waals surface area contributed by atoms with Crippen LogP contribution in [0.25, 0.3) is 0 Å². The highest BCUT2D eigenvalue weighted by atomic mass is 32.1. The summed E-state index contributed by atoms with van der Waals surface area (Å²) in [7, 11) is 0. The summed E-state index contributed by atoms with van der Waals surface area (Å²) < 4.78 is 37.7. The van der Waals surface area contributed by atoms with Crippen molar-refractivity contribution in [2.45, 2.75) is 25.6 Å². The minimum Gasteiger partial charge on any atom is -0.352 e. The number of carbonyl (C=O) groups excluding carboxylic acids is 2. The molecule has 1 aromatic heterocycles. The molecule has 2 amide bonds. The van der Waals surface area contributed by atoms with Gasteiger partial charge in [0, 0.05) is 25.6 Å². The molecule has 2 aromatic rings. The fourth-order valence-corrected chi connectivity index (χ4v) is 3.74. The Kier molecular flexibility index (Phi) is 5.84. The van der Waals surface area contributed by atoms with Gasteiger partial charge in [-0.05, 0) is 42.0 Å². The Labute approximate surface area is 159 Å². The second-order valence-electron chi connectivity index (χ2n) is 6.46. The minimum absolute atomic E-state index is 0.00591. The van der Waals surface area contributed by atoms with Gasteiger partial charge in [0.05, 0.1) is 10.4 Å². The molecule has 0 atom stereocenters. The SMILES string of the molecule is O=C(NCc1ccc(C(F)(F)F)cc1)C1CCN(C(=O)c2cccs2)CC1. The number of thiophene rings is 1. The first-order valence-corrected chi connectivity index (χ1v) is 9.49. The van der Waals surface area contributed by atoms with Crippen molar-refractivity contribution in [3.05, 3.63) is 57.8 Å². The second kappa shape index (κ2) is 8.12. The number of benzene rings is 1. The summed E-state index contributed by atoms with van der Waals surface area (Å²) in [5.74, 6) is -0.321. The second-order valence-corrected chi connectivity index (χ2v) is 7.40. The third kappa shape index (κ3) is 4.88. The number of alkyl halides is 3. The van der Waals surface area contributed by atoms with E-state index in [-0.39, 0.29) is 24.3 Å². The van der Waals surface area contributed by atoms with E-state index in [4.69, 9.17) is 0 Å². The van der Waals surface area contributed by atoms with Crippen molar-refractivity contribution in [3.63, 3.8) is 0 Å².